The van der Waals surface area contributed by atoms with Crippen LogP contribution in [0.25, 0.3) is 0 Å². The van der Waals surface area contributed by atoms with Crippen molar-refractivity contribution in [2.45, 2.75) is 25.8 Å². The topological polar surface area (TPSA) is 38.3 Å². The van der Waals surface area contributed by atoms with E-state index in [-0.39, 0.29) is 11.9 Å². The van der Waals surface area contributed by atoms with Crippen LogP contribution in [0.15, 0.2) is 41.1 Å². The van der Waals surface area contributed by atoms with E-state index in [2.05, 4.69) is 16.8 Å². The summed E-state index contributed by atoms with van der Waals surface area (Å²) in [7, 11) is 1.64. The first-order valence-corrected chi connectivity index (χ1v) is 7.58. The van der Waals surface area contributed by atoms with Gasteiger partial charge in [0.1, 0.15) is 5.75 Å². The summed E-state index contributed by atoms with van der Waals surface area (Å²) in [5.74, 6) is 0.868. The van der Waals surface area contributed by atoms with Crippen LogP contribution in [-0.4, -0.2) is 13.0 Å². The van der Waals surface area contributed by atoms with Crippen molar-refractivity contribution in [1.29, 1.82) is 0 Å². The fraction of sp³-hybridized carbons (Fsp3) is 0.312. The highest BCUT2D eigenvalue weighted by Crippen LogP contribution is 2.24. The Morgan fingerprint density at radius 2 is 2.15 bits per heavy atom. The number of hydrogen-bond acceptors (Lipinski definition) is 3. The van der Waals surface area contributed by atoms with Gasteiger partial charge < -0.3 is 10.1 Å². The molecule has 1 aromatic heterocycles. The van der Waals surface area contributed by atoms with Crippen LogP contribution in [0.3, 0.4) is 0 Å². The molecule has 4 heteroatoms. The third kappa shape index (κ3) is 3.84. The summed E-state index contributed by atoms with van der Waals surface area (Å²) in [4.78, 5) is 12.0. The normalized spacial score (nSPS) is 11.9. The minimum absolute atomic E-state index is 0.0545. The second-order valence-electron chi connectivity index (χ2n) is 4.66. The number of methoxy groups -OCH3 is 1. The van der Waals surface area contributed by atoms with Gasteiger partial charge in [-0.2, -0.15) is 11.3 Å². The Hall–Kier alpha value is -1.81. The van der Waals surface area contributed by atoms with Gasteiger partial charge in [-0.3, -0.25) is 4.79 Å². The van der Waals surface area contributed by atoms with E-state index in [4.69, 9.17) is 4.74 Å². The number of para-hydroxylation sites is 1. The van der Waals surface area contributed by atoms with E-state index in [1.165, 1.54) is 5.56 Å². The second-order valence-corrected chi connectivity index (χ2v) is 5.44. The van der Waals surface area contributed by atoms with E-state index in [0.717, 1.165) is 17.7 Å². The molecule has 1 aromatic carbocycles. The molecule has 0 spiro atoms. The van der Waals surface area contributed by atoms with Crippen molar-refractivity contribution in [2.24, 2.45) is 0 Å². The number of benzene rings is 1. The summed E-state index contributed by atoms with van der Waals surface area (Å²) in [6.07, 6.45) is 1.30. The van der Waals surface area contributed by atoms with Gasteiger partial charge in [0.15, 0.2) is 0 Å². The van der Waals surface area contributed by atoms with Crippen LogP contribution in [0.5, 0.6) is 5.75 Å². The quantitative estimate of drug-likeness (QED) is 0.883. The van der Waals surface area contributed by atoms with Gasteiger partial charge in [0.2, 0.25) is 5.91 Å². The van der Waals surface area contributed by atoms with Gasteiger partial charge in [-0.15, -0.1) is 0 Å². The molecule has 0 radical (unpaired) electrons. The van der Waals surface area contributed by atoms with Crippen molar-refractivity contribution in [3.05, 3.63) is 52.2 Å². The summed E-state index contributed by atoms with van der Waals surface area (Å²) in [5.41, 5.74) is 2.22. The first-order valence-electron chi connectivity index (χ1n) is 6.64. The minimum Gasteiger partial charge on any atom is -0.496 e. The molecule has 0 saturated heterocycles. The lowest BCUT2D eigenvalue weighted by Gasteiger charge is -2.17. The Balaban J connectivity index is 1.90. The maximum atomic E-state index is 12.0. The number of aryl methyl sites for hydroxylation is 1. The van der Waals surface area contributed by atoms with Crippen LogP contribution in [-0.2, 0) is 11.2 Å². The Morgan fingerprint density at radius 3 is 2.85 bits per heavy atom. The Morgan fingerprint density at radius 1 is 1.35 bits per heavy atom. The smallest absolute Gasteiger partial charge is 0.220 e. The van der Waals surface area contributed by atoms with E-state index >= 15 is 0 Å². The van der Waals surface area contributed by atoms with Gasteiger partial charge in [0, 0.05) is 12.0 Å². The average Bonchev–Trinajstić information content (AvgIpc) is 2.98. The zero-order chi connectivity index (χ0) is 14.4. The van der Waals surface area contributed by atoms with Crippen LogP contribution in [0.1, 0.15) is 30.5 Å². The summed E-state index contributed by atoms with van der Waals surface area (Å²) in [5, 5.41) is 7.13. The van der Waals surface area contributed by atoms with Crippen molar-refractivity contribution < 1.29 is 9.53 Å². The maximum Gasteiger partial charge on any atom is 0.220 e. The summed E-state index contributed by atoms with van der Waals surface area (Å²) in [6, 6.07) is 9.76. The van der Waals surface area contributed by atoms with Crippen molar-refractivity contribution in [2.75, 3.05) is 7.11 Å². The molecule has 3 nitrogen and oxygen atoms in total. The number of carbonyl (C=O) groups is 1. The fourth-order valence-corrected chi connectivity index (χ4v) is 2.81. The molecule has 1 amide bonds. The van der Waals surface area contributed by atoms with Gasteiger partial charge in [0.25, 0.3) is 0 Å². The molecule has 0 fully saturated rings. The van der Waals surface area contributed by atoms with E-state index in [1.807, 2.05) is 36.6 Å². The molecule has 0 aliphatic carbocycles. The number of nitrogens with one attached hydrogen (secondary N) is 1. The van der Waals surface area contributed by atoms with Gasteiger partial charge >= 0.3 is 0 Å². The van der Waals surface area contributed by atoms with E-state index in [0.29, 0.717) is 6.42 Å². The number of carbonyl (C=O) groups excluding carboxylic acids is 1. The van der Waals surface area contributed by atoms with Crippen LogP contribution in [0.2, 0.25) is 0 Å². The van der Waals surface area contributed by atoms with Crippen molar-refractivity contribution in [1.82, 2.24) is 5.32 Å². The molecule has 0 bridgehead atoms. The van der Waals surface area contributed by atoms with Gasteiger partial charge in [-0.25, -0.2) is 0 Å². The minimum atomic E-state index is -0.0545. The highest BCUT2D eigenvalue weighted by molar-refractivity contribution is 7.07. The predicted octanol–water partition coefficient (Wildman–Crippen LogP) is 3.57. The Kier molecular flexibility index (Phi) is 5.18. The summed E-state index contributed by atoms with van der Waals surface area (Å²) < 4.78 is 5.32. The lowest BCUT2D eigenvalue weighted by molar-refractivity contribution is -0.121. The molecule has 0 saturated carbocycles. The van der Waals surface area contributed by atoms with Crippen molar-refractivity contribution in [3.63, 3.8) is 0 Å². The first kappa shape index (κ1) is 14.6. The number of rotatable bonds is 6. The largest absolute Gasteiger partial charge is 0.496 e. The number of hydrogen-bond donors (Lipinski definition) is 1. The average molecular weight is 289 g/mol. The predicted molar refractivity (Wildman–Crippen MR) is 82.2 cm³/mol. The van der Waals surface area contributed by atoms with Crippen LogP contribution >= 0.6 is 11.3 Å². The van der Waals surface area contributed by atoms with Crippen LogP contribution in [0, 0.1) is 0 Å². The van der Waals surface area contributed by atoms with Crippen molar-refractivity contribution in [3.8, 4) is 5.75 Å². The molecular formula is C16H19NO2S. The molecule has 106 valence electrons. The molecule has 2 aromatic rings. The zero-order valence-corrected chi connectivity index (χ0v) is 12.6. The molecule has 0 unspecified atom stereocenters. The standard InChI is InChI=1S/C16H19NO2S/c1-12(14-5-3-4-6-15(14)19-2)17-16(18)8-7-13-9-10-20-11-13/h3-6,9-12H,7-8H2,1-2H3,(H,17,18)/t12-/m0/s1. The molecule has 1 heterocycles. The summed E-state index contributed by atoms with van der Waals surface area (Å²) in [6.45, 7) is 1.97. The molecule has 1 atom stereocenters. The number of ether oxygens (including phenoxy) is 1. The number of amides is 1. The molecule has 20 heavy (non-hydrogen) atoms. The van der Waals surface area contributed by atoms with E-state index in [9.17, 15) is 4.79 Å². The highest BCUT2D eigenvalue weighted by Gasteiger charge is 2.13. The first-order chi connectivity index (χ1) is 9.70. The monoisotopic (exact) mass is 289 g/mol. The third-order valence-corrected chi connectivity index (χ3v) is 3.94. The van der Waals surface area contributed by atoms with E-state index < -0.39 is 0 Å². The van der Waals surface area contributed by atoms with Crippen LogP contribution in [0.4, 0.5) is 0 Å². The van der Waals surface area contributed by atoms with Gasteiger partial charge in [-0.05, 0) is 41.8 Å². The molecule has 0 aliphatic rings. The molecular weight excluding hydrogens is 270 g/mol. The third-order valence-electron chi connectivity index (χ3n) is 3.20. The van der Waals surface area contributed by atoms with Gasteiger partial charge in [-0.1, -0.05) is 18.2 Å². The Bertz CT molecular complexity index is 551. The zero-order valence-electron chi connectivity index (χ0n) is 11.8. The van der Waals surface area contributed by atoms with Crippen molar-refractivity contribution >= 4 is 17.2 Å². The molecule has 1 N–H and O–H groups in total. The SMILES string of the molecule is COc1ccccc1[C@H](C)NC(=O)CCc1ccsc1. The fourth-order valence-electron chi connectivity index (χ4n) is 2.11. The lowest BCUT2D eigenvalue weighted by atomic mass is 10.1. The number of thiophene rings is 1. The maximum absolute atomic E-state index is 12.0. The van der Waals surface area contributed by atoms with E-state index in [1.54, 1.807) is 18.4 Å². The molecule has 2 rings (SSSR count). The summed E-state index contributed by atoms with van der Waals surface area (Å²) >= 11 is 1.66. The molecule has 0 aliphatic heterocycles. The second kappa shape index (κ2) is 7.10. The van der Waals surface area contributed by atoms with Crippen LogP contribution < -0.4 is 10.1 Å². The van der Waals surface area contributed by atoms with Gasteiger partial charge in [0.05, 0.1) is 13.2 Å². The Labute approximate surface area is 123 Å². The lowest BCUT2D eigenvalue weighted by Crippen LogP contribution is -2.27. The highest BCUT2D eigenvalue weighted by atomic mass is 32.1.